The third-order valence-corrected chi connectivity index (χ3v) is 3.19. The lowest BCUT2D eigenvalue weighted by molar-refractivity contribution is 1.12. The fourth-order valence-corrected chi connectivity index (χ4v) is 1.72. The minimum Gasteiger partial charge on any atom is -0.340 e. The summed E-state index contributed by atoms with van der Waals surface area (Å²) in [5.74, 6) is 6.22. The van der Waals surface area contributed by atoms with Crippen molar-refractivity contribution in [1.29, 1.82) is 0 Å². The monoisotopic (exact) mass is 313 g/mol. The molecule has 0 bridgehead atoms. The third kappa shape index (κ3) is 3.06. The van der Waals surface area contributed by atoms with Crippen LogP contribution in [0, 0.1) is 0 Å². The number of halogens is 2. The molecule has 7 heteroatoms. The van der Waals surface area contributed by atoms with Crippen molar-refractivity contribution >= 4 is 45.0 Å². The number of hydrogen-bond donors (Lipinski definition) is 3. The van der Waals surface area contributed by atoms with Crippen LogP contribution >= 0.6 is 27.5 Å². The maximum Gasteiger partial charge on any atom is 0.239 e. The second-order valence-corrected chi connectivity index (χ2v) is 4.43. The molecule has 0 spiro atoms. The van der Waals surface area contributed by atoms with Crippen molar-refractivity contribution in [3.63, 3.8) is 0 Å². The molecule has 88 valence electrons. The molecule has 0 amide bonds. The van der Waals surface area contributed by atoms with Crippen LogP contribution in [0.3, 0.4) is 0 Å². The highest BCUT2D eigenvalue weighted by Crippen LogP contribution is 2.26. The Morgan fingerprint density at radius 3 is 2.82 bits per heavy atom. The van der Waals surface area contributed by atoms with Gasteiger partial charge in [0.25, 0.3) is 0 Å². The normalized spacial score (nSPS) is 10.1. The van der Waals surface area contributed by atoms with Crippen LogP contribution in [0.2, 0.25) is 5.02 Å². The smallest absolute Gasteiger partial charge is 0.239 e. The van der Waals surface area contributed by atoms with Crippen LogP contribution in [0.1, 0.15) is 0 Å². The van der Waals surface area contributed by atoms with E-state index in [-0.39, 0.29) is 0 Å². The summed E-state index contributed by atoms with van der Waals surface area (Å²) >= 11 is 9.25. The predicted molar refractivity (Wildman–Crippen MR) is 72.3 cm³/mol. The zero-order valence-electron chi connectivity index (χ0n) is 8.61. The van der Waals surface area contributed by atoms with Crippen LogP contribution in [-0.4, -0.2) is 9.97 Å². The molecule has 0 aliphatic heterocycles. The first-order chi connectivity index (χ1) is 8.19. The van der Waals surface area contributed by atoms with Crippen molar-refractivity contribution in [3.8, 4) is 0 Å². The number of hydrogen-bond acceptors (Lipinski definition) is 5. The van der Waals surface area contributed by atoms with Gasteiger partial charge in [-0.1, -0.05) is 11.6 Å². The molecule has 0 radical (unpaired) electrons. The van der Waals surface area contributed by atoms with Gasteiger partial charge in [-0.05, 0) is 40.2 Å². The second kappa shape index (κ2) is 5.31. The van der Waals surface area contributed by atoms with Crippen molar-refractivity contribution in [2.24, 2.45) is 5.84 Å². The van der Waals surface area contributed by atoms with E-state index < -0.39 is 0 Å². The lowest BCUT2D eigenvalue weighted by atomic mass is 10.3. The topological polar surface area (TPSA) is 75.9 Å². The van der Waals surface area contributed by atoms with Crippen LogP contribution < -0.4 is 16.6 Å². The number of nitrogens with zero attached hydrogens (tertiary/aromatic N) is 2. The van der Waals surface area contributed by atoms with Crippen molar-refractivity contribution < 1.29 is 0 Å². The summed E-state index contributed by atoms with van der Waals surface area (Å²) in [7, 11) is 0. The zero-order chi connectivity index (χ0) is 12.3. The van der Waals surface area contributed by atoms with Gasteiger partial charge in [-0.2, -0.15) is 4.98 Å². The molecule has 17 heavy (non-hydrogen) atoms. The minimum absolute atomic E-state index is 0.350. The van der Waals surface area contributed by atoms with E-state index in [1.807, 2.05) is 12.1 Å². The van der Waals surface area contributed by atoms with Gasteiger partial charge >= 0.3 is 0 Å². The fraction of sp³-hybridized carbons (Fsp3) is 0. The molecule has 0 saturated heterocycles. The van der Waals surface area contributed by atoms with Gasteiger partial charge in [0.05, 0.1) is 5.02 Å². The summed E-state index contributed by atoms with van der Waals surface area (Å²) in [6.07, 6.45) is 1.61. The SMILES string of the molecule is NNc1nccc(Nc2ccc(Cl)c(Br)c2)n1. The van der Waals surface area contributed by atoms with Crippen molar-refractivity contribution in [2.45, 2.75) is 0 Å². The van der Waals surface area contributed by atoms with E-state index in [1.165, 1.54) is 0 Å². The Bertz CT molecular complexity index is 534. The second-order valence-electron chi connectivity index (χ2n) is 3.16. The Morgan fingerprint density at radius 2 is 2.12 bits per heavy atom. The van der Waals surface area contributed by atoms with Crippen molar-refractivity contribution in [2.75, 3.05) is 10.7 Å². The summed E-state index contributed by atoms with van der Waals surface area (Å²) in [6.45, 7) is 0. The van der Waals surface area contributed by atoms with Gasteiger partial charge < -0.3 is 5.32 Å². The first kappa shape index (κ1) is 12.1. The number of nitrogens with one attached hydrogen (secondary N) is 2. The van der Waals surface area contributed by atoms with Gasteiger partial charge in [-0.25, -0.2) is 10.8 Å². The van der Waals surface area contributed by atoms with Crippen LogP contribution in [0.15, 0.2) is 34.9 Å². The highest BCUT2D eigenvalue weighted by molar-refractivity contribution is 9.10. The lowest BCUT2D eigenvalue weighted by Gasteiger charge is -2.07. The van der Waals surface area contributed by atoms with Gasteiger partial charge in [0, 0.05) is 16.4 Å². The van der Waals surface area contributed by atoms with Crippen LogP contribution in [0.4, 0.5) is 17.5 Å². The average Bonchev–Trinajstić information content (AvgIpc) is 2.34. The maximum atomic E-state index is 5.90. The van der Waals surface area contributed by atoms with Crippen LogP contribution in [0.5, 0.6) is 0 Å². The first-order valence-corrected chi connectivity index (χ1v) is 5.88. The molecular formula is C10H9BrClN5. The molecular weight excluding hydrogens is 306 g/mol. The first-order valence-electron chi connectivity index (χ1n) is 4.71. The van der Waals surface area contributed by atoms with Crippen LogP contribution in [0.25, 0.3) is 0 Å². The molecule has 0 fully saturated rings. The quantitative estimate of drug-likeness (QED) is 0.600. The van der Waals surface area contributed by atoms with E-state index in [2.05, 4.69) is 36.6 Å². The molecule has 2 rings (SSSR count). The molecule has 2 aromatic rings. The molecule has 1 aromatic heterocycles. The molecule has 1 aromatic carbocycles. The fourth-order valence-electron chi connectivity index (χ4n) is 1.22. The zero-order valence-corrected chi connectivity index (χ0v) is 11.0. The number of nitrogen functional groups attached to an aromatic ring is 1. The number of nitrogens with two attached hydrogens (primary N) is 1. The lowest BCUT2D eigenvalue weighted by Crippen LogP contribution is -2.10. The largest absolute Gasteiger partial charge is 0.340 e. The van der Waals surface area contributed by atoms with Gasteiger partial charge in [0.1, 0.15) is 5.82 Å². The van der Waals surface area contributed by atoms with Crippen LogP contribution in [-0.2, 0) is 0 Å². The van der Waals surface area contributed by atoms with E-state index >= 15 is 0 Å². The van der Waals surface area contributed by atoms with E-state index in [4.69, 9.17) is 17.4 Å². The minimum atomic E-state index is 0.350. The molecule has 4 N–H and O–H groups in total. The summed E-state index contributed by atoms with van der Waals surface area (Å²) in [5.41, 5.74) is 3.24. The van der Waals surface area contributed by atoms with E-state index in [0.29, 0.717) is 16.8 Å². The molecule has 0 aliphatic carbocycles. The molecule has 1 heterocycles. The third-order valence-electron chi connectivity index (χ3n) is 1.98. The number of hydrazine groups is 1. The summed E-state index contributed by atoms with van der Waals surface area (Å²) in [5, 5.41) is 3.77. The molecule has 5 nitrogen and oxygen atoms in total. The highest BCUT2D eigenvalue weighted by Gasteiger charge is 2.01. The summed E-state index contributed by atoms with van der Waals surface area (Å²) < 4.78 is 0.815. The Labute approximate surface area is 112 Å². The Hall–Kier alpha value is -1.37. The van der Waals surface area contributed by atoms with E-state index in [0.717, 1.165) is 10.2 Å². The number of rotatable bonds is 3. The summed E-state index contributed by atoms with van der Waals surface area (Å²) in [4.78, 5) is 8.05. The Morgan fingerprint density at radius 1 is 1.29 bits per heavy atom. The van der Waals surface area contributed by atoms with Gasteiger partial charge in [0.15, 0.2) is 0 Å². The Balaban J connectivity index is 2.22. The average molecular weight is 315 g/mol. The number of anilines is 3. The maximum absolute atomic E-state index is 5.90. The van der Waals surface area contributed by atoms with E-state index in [9.17, 15) is 0 Å². The summed E-state index contributed by atoms with van der Waals surface area (Å²) in [6, 6.07) is 7.24. The van der Waals surface area contributed by atoms with Crippen molar-refractivity contribution in [3.05, 3.63) is 40.0 Å². The number of benzene rings is 1. The van der Waals surface area contributed by atoms with Gasteiger partial charge in [-0.15, -0.1) is 0 Å². The molecule has 0 unspecified atom stereocenters. The molecule has 0 aliphatic rings. The standard InChI is InChI=1S/C10H9BrClN5/c11-7-5-6(1-2-8(7)12)15-9-3-4-14-10(16-9)17-13/h1-5H,13H2,(H2,14,15,16,17). The van der Waals surface area contributed by atoms with Gasteiger partial charge in [0.2, 0.25) is 5.95 Å². The van der Waals surface area contributed by atoms with Crippen molar-refractivity contribution in [1.82, 2.24) is 9.97 Å². The molecule has 0 atom stereocenters. The predicted octanol–water partition coefficient (Wildman–Crippen LogP) is 2.92. The van der Waals surface area contributed by atoms with Gasteiger partial charge in [-0.3, -0.25) is 5.43 Å². The van der Waals surface area contributed by atoms with E-state index in [1.54, 1.807) is 18.3 Å². The Kier molecular flexibility index (Phi) is 3.78. The highest BCUT2D eigenvalue weighted by atomic mass is 79.9. The molecule has 0 saturated carbocycles. The number of aromatic nitrogens is 2.